The topological polar surface area (TPSA) is 46.3 Å². The number of hydrogen-bond acceptors (Lipinski definition) is 3. The number of carbonyl (C=O) groups is 1. The molecule has 1 aromatic rings. The number of likely N-dealkylation sites (tertiary alicyclic amines) is 1. The first-order chi connectivity index (χ1) is 8.15. The summed E-state index contributed by atoms with van der Waals surface area (Å²) in [5.41, 5.74) is 6.90. The summed E-state index contributed by atoms with van der Waals surface area (Å²) in [6, 6.07) is 2.03. The van der Waals surface area contributed by atoms with Crippen LogP contribution in [0.15, 0.2) is 6.07 Å². The summed E-state index contributed by atoms with van der Waals surface area (Å²) in [6.07, 6.45) is 2.06. The number of nitrogens with two attached hydrogens (primary N) is 1. The second-order valence-electron chi connectivity index (χ2n) is 4.71. The van der Waals surface area contributed by atoms with Gasteiger partial charge in [0.25, 0.3) is 5.91 Å². The highest BCUT2D eigenvalue weighted by Gasteiger charge is 2.27. The molecule has 1 saturated heterocycles. The van der Waals surface area contributed by atoms with Gasteiger partial charge in [0.15, 0.2) is 0 Å². The quantitative estimate of drug-likeness (QED) is 0.929. The Kier molecular flexibility index (Phi) is 5.63. The molecule has 1 unspecified atom stereocenters. The van der Waals surface area contributed by atoms with Crippen molar-refractivity contribution in [2.75, 3.05) is 19.6 Å². The highest BCUT2D eigenvalue weighted by Crippen LogP contribution is 2.25. The Balaban J connectivity index is 0.00000162. The molecule has 1 amide bonds. The first-order valence-electron chi connectivity index (χ1n) is 6.24. The van der Waals surface area contributed by atoms with Gasteiger partial charge in [-0.25, -0.2) is 0 Å². The number of nitrogens with zero attached hydrogens (tertiary/aromatic N) is 1. The first-order valence-corrected chi connectivity index (χ1v) is 7.06. The van der Waals surface area contributed by atoms with Crippen LogP contribution in [-0.4, -0.2) is 30.4 Å². The van der Waals surface area contributed by atoms with Crippen molar-refractivity contribution in [2.45, 2.75) is 26.7 Å². The molecular formula is C13H21ClN2OS. The predicted octanol–water partition coefficient (Wildman–Crippen LogP) is 2.46. The molecule has 0 radical (unpaired) electrons. The summed E-state index contributed by atoms with van der Waals surface area (Å²) in [4.78, 5) is 16.4. The summed E-state index contributed by atoms with van der Waals surface area (Å²) in [5.74, 6) is 0.680. The van der Waals surface area contributed by atoms with Crippen LogP contribution in [-0.2, 0) is 6.42 Å². The van der Waals surface area contributed by atoms with Gasteiger partial charge in [-0.1, -0.05) is 6.92 Å². The van der Waals surface area contributed by atoms with Gasteiger partial charge < -0.3 is 10.6 Å². The van der Waals surface area contributed by atoms with Crippen LogP contribution in [0.1, 0.15) is 33.5 Å². The van der Waals surface area contributed by atoms with Crippen molar-refractivity contribution in [3.63, 3.8) is 0 Å². The van der Waals surface area contributed by atoms with Gasteiger partial charge in [-0.2, -0.15) is 0 Å². The van der Waals surface area contributed by atoms with Crippen LogP contribution < -0.4 is 5.73 Å². The van der Waals surface area contributed by atoms with Crippen LogP contribution in [0.25, 0.3) is 0 Å². The van der Waals surface area contributed by atoms with Crippen molar-refractivity contribution in [1.82, 2.24) is 4.90 Å². The third-order valence-electron chi connectivity index (χ3n) is 3.46. The van der Waals surface area contributed by atoms with Crippen molar-refractivity contribution < 1.29 is 4.79 Å². The number of halogens is 1. The molecule has 102 valence electrons. The lowest BCUT2D eigenvalue weighted by atomic mass is 10.1. The van der Waals surface area contributed by atoms with Gasteiger partial charge in [0.1, 0.15) is 0 Å². The lowest BCUT2D eigenvalue weighted by Gasteiger charge is -2.14. The molecule has 0 aliphatic carbocycles. The Hall–Kier alpha value is -0.580. The molecule has 2 N–H and O–H groups in total. The number of thiophene rings is 1. The maximum Gasteiger partial charge on any atom is 0.263 e. The average molecular weight is 289 g/mol. The fourth-order valence-electron chi connectivity index (χ4n) is 2.34. The van der Waals surface area contributed by atoms with E-state index in [0.717, 1.165) is 30.8 Å². The van der Waals surface area contributed by atoms with Gasteiger partial charge in [0.05, 0.1) is 4.88 Å². The number of amides is 1. The fraction of sp³-hybridized carbons (Fsp3) is 0.615. The zero-order valence-electron chi connectivity index (χ0n) is 10.9. The molecule has 0 saturated carbocycles. The van der Waals surface area contributed by atoms with Crippen LogP contribution >= 0.6 is 23.7 Å². The highest BCUT2D eigenvalue weighted by molar-refractivity contribution is 7.14. The van der Waals surface area contributed by atoms with Gasteiger partial charge >= 0.3 is 0 Å². The van der Waals surface area contributed by atoms with E-state index in [1.54, 1.807) is 11.3 Å². The lowest BCUT2D eigenvalue weighted by Crippen LogP contribution is -2.29. The SMILES string of the molecule is CCc1sc(C(=O)N2CCC(CN)C2)cc1C.Cl. The molecular weight excluding hydrogens is 268 g/mol. The zero-order chi connectivity index (χ0) is 12.4. The molecule has 1 aliphatic heterocycles. The second-order valence-corrected chi connectivity index (χ2v) is 5.85. The minimum atomic E-state index is 0. The molecule has 0 spiro atoms. The monoisotopic (exact) mass is 288 g/mol. The zero-order valence-corrected chi connectivity index (χ0v) is 12.6. The van der Waals surface area contributed by atoms with E-state index >= 15 is 0 Å². The number of rotatable bonds is 3. The largest absolute Gasteiger partial charge is 0.338 e. The Labute approximate surface area is 119 Å². The lowest BCUT2D eigenvalue weighted by molar-refractivity contribution is 0.0792. The van der Waals surface area contributed by atoms with E-state index < -0.39 is 0 Å². The van der Waals surface area contributed by atoms with Crippen molar-refractivity contribution in [2.24, 2.45) is 11.7 Å². The van der Waals surface area contributed by atoms with Crippen LogP contribution in [0, 0.1) is 12.8 Å². The normalized spacial score (nSPS) is 18.8. The number of carbonyl (C=O) groups excluding carboxylic acids is 1. The summed E-state index contributed by atoms with van der Waals surface area (Å²) in [7, 11) is 0. The van der Waals surface area contributed by atoms with E-state index in [1.807, 2.05) is 11.0 Å². The van der Waals surface area contributed by atoms with E-state index in [4.69, 9.17) is 5.73 Å². The van der Waals surface area contributed by atoms with Gasteiger partial charge in [-0.3, -0.25) is 4.79 Å². The Morgan fingerprint density at radius 1 is 1.61 bits per heavy atom. The minimum Gasteiger partial charge on any atom is -0.338 e. The van der Waals surface area contributed by atoms with Crippen molar-refractivity contribution in [3.8, 4) is 0 Å². The maximum atomic E-state index is 12.3. The molecule has 2 rings (SSSR count). The van der Waals surface area contributed by atoms with E-state index in [9.17, 15) is 4.79 Å². The highest BCUT2D eigenvalue weighted by atomic mass is 35.5. The molecule has 1 atom stereocenters. The van der Waals surface area contributed by atoms with Gasteiger partial charge in [-0.05, 0) is 43.9 Å². The predicted molar refractivity (Wildman–Crippen MR) is 78.7 cm³/mol. The van der Waals surface area contributed by atoms with E-state index in [1.165, 1.54) is 10.4 Å². The summed E-state index contributed by atoms with van der Waals surface area (Å²) >= 11 is 1.64. The van der Waals surface area contributed by atoms with E-state index in [0.29, 0.717) is 12.5 Å². The number of aryl methyl sites for hydroxylation is 2. The van der Waals surface area contributed by atoms with Crippen LogP contribution in [0.5, 0.6) is 0 Å². The molecule has 1 aliphatic rings. The average Bonchev–Trinajstić information content (AvgIpc) is 2.94. The molecule has 0 bridgehead atoms. The Morgan fingerprint density at radius 3 is 2.83 bits per heavy atom. The third kappa shape index (κ3) is 3.05. The molecule has 3 nitrogen and oxygen atoms in total. The fourth-order valence-corrected chi connectivity index (χ4v) is 3.42. The summed E-state index contributed by atoms with van der Waals surface area (Å²) < 4.78 is 0. The third-order valence-corrected chi connectivity index (χ3v) is 4.83. The summed E-state index contributed by atoms with van der Waals surface area (Å²) in [6.45, 7) is 6.59. The van der Waals surface area contributed by atoms with Crippen molar-refractivity contribution >= 4 is 29.7 Å². The molecule has 1 aromatic heterocycles. The standard InChI is InChI=1S/C13H20N2OS.ClH/c1-3-11-9(2)6-12(17-11)13(16)15-5-4-10(7-14)8-15;/h6,10H,3-5,7-8,14H2,1-2H3;1H. The second kappa shape index (κ2) is 6.55. The van der Waals surface area contributed by atoms with Gasteiger partial charge in [-0.15, -0.1) is 23.7 Å². The van der Waals surface area contributed by atoms with E-state index in [2.05, 4.69) is 13.8 Å². The van der Waals surface area contributed by atoms with Gasteiger partial charge in [0, 0.05) is 18.0 Å². The maximum absolute atomic E-state index is 12.3. The van der Waals surface area contributed by atoms with Crippen LogP contribution in [0.3, 0.4) is 0 Å². The van der Waals surface area contributed by atoms with Crippen molar-refractivity contribution in [1.29, 1.82) is 0 Å². The van der Waals surface area contributed by atoms with Crippen LogP contribution in [0.2, 0.25) is 0 Å². The van der Waals surface area contributed by atoms with E-state index in [-0.39, 0.29) is 18.3 Å². The number of hydrogen-bond donors (Lipinski definition) is 1. The van der Waals surface area contributed by atoms with Crippen LogP contribution in [0.4, 0.5) is 0 Å². The molecule has 18 heavy (non-hydrogen) atoms. The summed E-state index contributed by atoms with van der Waals surface area (Å²) in [5, 5.41) is 0. The minimum absolute atomic E-state index is 0. The molecule has 2 heterocycles. The van der Waals surface area contributed by atoms with Gasteiger partial charge in [0.2, 0.25) is 0 Å². The molecule has 5 heteroatoms. The Bertz CT molecular complexity index is 419. The smallest absolute Gasteiger partial charge is 0.263 e. The molecule has 0 aromatic carbocycles. The molecule has 1 fully saturated rings. The van der Waals surface area contributed by atoms with Crippen molar-refractivity contribution in [3.05, 3.63) is 21.4 Å². The Morgan fingerprint density at radius 2 is 2.33 bits per heavy atom. The first kappa shape index (κ1) is 15.5.